The summed E-state index contributed by atoms with van der Waals surface area (Å²) in [6.45, 7) is 21.4. The topological polar surface area (TPSA) is 82.0 Å². The van der Waals surface area contributed by atoms with Crippen LogP contribution in [0.1, 0.15) is 141 Å². The Hall–Kier alpha value is -1.12. The van der Waals surface area contributed by atoms with Gasteiger partial charge in [0.2, 0.25) is 0 Å². The van der Waals surface area contributed by atoms with E-state index in [-0.39, 0.29) is 22.2 Å². The molecule has 12 atom stereocenters. The quantitative estimate of drug-likeness (QED) is 0.243. The van der Waals surface area contributed by atoms with Crippen molar-refractivity contribution < 1.29 is 18.6 Å². The molecule has 5 aliphatic carbocycles. The van der Waals surface area contributed by atoms with Crippen LogP contribution in [0.5, 0.6) is 0 Å². The van der Waals surface area contributed by atoms with Crippen molar-refractivity contribution in [3.05, 3.63) is 35.4 Å². The number of nitrogens with zero attached hydrogens (tertiary/aromatic N) is 1. The van der Waals surface area contributed by atoms with Crippen LogP contribution in [0.4, 0.5) is 0 Å². The van der Waals surface area contributed by atoms with Crippen LogP contribution < -0.4 is 5.32 Å². The molecule has 2 aliphatic heterocycles. The molecular formula is C44H70N2O4S. The van der Waals surface area contributed by atoms with Gasteiger partial charge in [-0.25, -0.2) is 4.79 Å². The van der Waals surface area contributed by atoms with E-state index in [2.05, 4.69) is 70.8 Å². The number of likely N-dealkylation sites (tertiary alicyclic amines) is 1. The predicted molar refractivity (Wildman–Crippen MR) is 209 cm³/mol. The fourth-order valence-corrected chi connectivity index (χ4v) is 17.9. The van der Waals surface area contributed by atoms with Gasteiger partial charge in [0.05, 0.1) is 23.7 Å². The molecule has 7 heteroatoms. The molecule has 8 rings (SSSR count). The zero-order chi connectivity index (χ0) is 36.4. The second kappa shape index (κ2) is 12.4. The lowest BCUT2D eigenvalue weighted by Crippen LogP contribution is -2.68. The summed E-state index contributed by atoms with van der Waals surface area (Å²) in [6, 6.07) is 8.74. The van der Waals surface area contributed by atoms with Gasteiger partial charge in [-0.15, -0.1) is 0 Å². The van der Waals surface area contributed by atoms with Crippen LogP contribution in [0.25, 0.3) is 0 Å². The molecule has 51 heavy (non-hydrogen) atoms. The van der Waals surface area contributed by atoms with Crippen LogP contribution in [0, 0.1) is 57.2 Å². The van der Waals surface area contributed by atoms with Crippen LogP contribution in [0.15, 0.2) is 24.3 Å². The molecular weight excluding hydrogens is 653 g/mol. The summed E-state index contributed by atoms with van der Waals surface area (Å²) < 4.78 is 25.9. The van der Waals surface area contributed by atoms with Crippen molar-refractivity contribution in [2.45, 2.75) is 142 Å². The van der Waals surface area contributed by atoms with Crippen LogP contribution in [-0.2, 0) is 4.74 Å². The smallest absolute Gasteiger partial charge is 0.337 e. The molecule has 3 N–H and O–H groups in total. The van der Waals surface area contributed by atoms with Gasteiger partial charge in [-0.1, -0.05) is 60.6 Å². The first-order chi connectivity index (χ1) is 24.0. The maximum Gasteiger partial charge on any atom is 0.337 e. The molecule has 0 radical (unpaired) electrons. The number of fused-ring (bicyclic) bond motifs is 9. The van der Waals surface area contributed by atoms with Gasteiger partial charge < -0.3 is 10.1 Å². The monoisotopic (exact) mass is 723 g/mol. The number of nitrogens with one attached hydrogen (secondary N) is 1. The Bertz CT molecular complexity index is 1500. The first-order valence-electron chi connectivity index (χ1n) is 20.9. The summed E-state index contributed by atoms with van der Waals surface area (Å²) in [5, 5.41) is 4.44. The number of methoxy groups -OCH3 is 1. The number of benzene rings is 1. The molecule has 0 spiro atoms. The Morgan fingerprint density at radius 2 is 1.67 bits per heavy atom. The number of carbonyl (C=O) groups is 1. The van der Waals surface area contributed by atoms with E-state index in [1.807, 2.05) is 12.1 Å². The Labute approximate surface area is 311 Å². The van der Waals surface area contributed by atoms with Crippen LogP contribution >= 0.6 is 10.6 Å². The highest BCUT2D eigenvalue weighted by atomic mass is 32.3. The molecule has 2 bridgehead atoms. The second-order valence-corrected chi connectivity index (χ2v) is 23.1. The molecule has 0 aromatic heterocycles. The van der Waals surface area contributed by atoms with E-state index in [0.29, 0.717) is 45.4 Å². The Kier molecular flexibility index (Phi) is 8.99. The van der Waals surface area contributed by atoms with E-state index in [1.165, 1.54) is 76.9 Å². The summed E-state index contributed by atoms with van der Waals surface area (Å²) >= 11 is 0. The van der Waals surface area contributed by atoms with Crippen molar-refractivity contribution >= 4 is 16.6 Å². The average Bonchev–Trinajstić information content (AvgIpc) is 3.75. The van der Waals surface area contributed by atoms with Crippen molar-refractivity contribution in [1.82, 2.24) is 10.2 Å². The first-order valence-corrected chi connectivity index (χ1v) is 22.7. The third-order valence-corrected chi connectivity index (χ3v) is 20.7. The van der Waals surface area contributed by atoms with E-state index in [4.69, 9.17) is 4.74 Å². The minimum absolute atomic E-state index is 0.105. The van der Waals surface area contributed by atoms with E-state index < -0.39 is 10.6 Å². The van der Waals surface area contributed by atoms with E-state index in [9.17, 15) is 13.9 Å². The number of carbonyl (C=O) groups excluding carboxylic acids is 1. The maximum atomic E-state index is 12.2. The molecule has 5 saturated carbocycles. The second-order valence-electron chi connectivity index (χ2n) is 20.6. The lowest BCUT2D eigenvalue weighted by Gasteiger charge is -2.73. The minimum atomic E-state index is -2.35. The molecule has 7 aliphatic rings. The van der Waals surface area contributed by atoms with Gasteiger partial charge >= 0.3 is 5.97 Å². The highest BCUT2D eigenvalue weighted by Gasteiger charge is 2.71. The average molecular weight is 723 g/mol. The molecule has 1 aromatic rings. The van der Waals surface area contributed by atoms with E-state index >= 15 is 0 Å². The third kappa shape index (κ3) is 5.34. The van der Waals surface area contributed by atoms with Gasteiger partial charge in [0, 0.05) is 31.2 Å². The molecule has 1 unspecified atom stereocenters. The Balaban J connectivity index is 1.02. The maximum absolute atomic E-state index is 12.2. The molecule has 286 valence electrons. The first kappa shape index (κ1) is 36.8. The third-order valence-electron chi connectivity index (χ3n) is 18.4. The Morgan fingerprint density at radius 3 is 2.31 bits per heavy atom. The number of esters is 1. The van der Waals surface area contributed by atoms with Gasteiger partial charge in [0.25, 0.3) is 0 Å². The number of hydrogen-bond acceptors (Lipinski definition) is 6. The summed E-state index contributed by atoms with van der Waals surface area (Å²) in [6.07, 6.45) is 14.4. The van der Waals surface area contributed by atoms with Crippen LogP contribution in [0.3, 0.4) is 0 Å². The summed E-state index contributed by atoms with van der Waals surface area (Å²) in [4.78, 5) is 14.7. The largest absolute Gasteiger partial charge is 0.465 e. The van der Waals surface area contributed by atoms with Gasteiger partial charge in [0.15, 0.2) is 0 Å². The summed E-state index contributed by atoms with van der Waals surface area (Å²) in [5.74, 6) is 5.38. The van der Waals surface area contributed by atoms with Crippen LogP contribution in [0.2, 0.25) is 0 Å². The molecule has 7 fully saturated rings. The SMILES string of the molecule is COC(=O)c1ccc(C2CC[C@]3(C)[C@H]4CC[C@@H]5[C@H]6[C@H](C(C)C)CC[C@]6(NCCN6C[C@@H]7C[C@H]6CS7(O)O)CC[C@@]5(C)[C@]4(C)CC[C@H]3C2(C)C)cc1. The minimum Gasteiger partial charge on any atom is -0.465 e. The van der Waals surface area contributed by atoms with Gasteiger partial charge in [-0.3, -0.25) is 14.0 Å². The molecule has 6 nitrogen and oxygen atoms in total. The molecule has 2 saturated heterocycles. The summed E-state index contributed by atoms with van der Waals surface area (Å²) in [7, 11) is -0.887. The van der Waals surface area contributed by atoms with Crippen molar-refractivity contribution in [3.8, 4) is 0 Å². The van der Waals surface area contributed by atoms with Gasteiger partial charge in [-0.2, -0.15) is 10.6 Å². The van der Waals surface area contributed by atoms with Crippen molar-refractivity contribution in [3.63, 3.8) is 0 Å². The predicted octanol–water partition coefficient (Wildman–Crippen LogP) is 9.84. The Morgan fingerprint density at radius 1 is 0.922 bits per heavy atom. The van der Waals surface area contributed by atoms with E-state index in [1.54, 1.807) is 0 Å². The van der Waals surface area contributed by atoms with E-state index in [0.717, 1.165) is 55.6 Å². The van der Waals surface area contributed by atoms with Crippen molar-refractivity contribution in [2.24, 2.45) is 57.2 Å². The lowest BCUT2D eigenvalue weighted by molar-refractivity contribution is -0.235. The van der Waals surface area contributed by atoms with Gasteiger partial charge in [-0.05, 0) is 151 Å². The lowest BCUT2D eigenvalue weighted by atomic mass is 9.32. The molecule has 2 heterocycles. The zero-order valence-corrected chi connectivity index (χ0v) is 34.0. The zero-order valence-electron chi connectivity index (χ0n) is 33.2. The highest BCUT2D eigenvalue weighted by Crippen LogP contribution is 2.77. The van der Waals surface area contributed by atoms with Crippen molar-refractivity contribution in [2.75, 3.05) is 32.5 Å². The van der Waals surface area contributed by atoms with Crippen molar-refractivity contribution in [1.29, 1.82) is 0 Å². The number of ether oxygens (including phenoxy) is 1. The highest BCUT2D eigenvalue weighted by molar-refractivity contribution is 8.25. The number of rotatable bonds is 7. The summed E-state index contributed by atoms with van der Waals surface area (Å²) in [5.41, 5.74) is 3.57. The normalized spacial score (nSPS) is 47.3. The van der Waals surface area contributed by atoms with Crippen LogP contribution in [-0.4, -0.2) is 69.3 Å². The molecule has 0 amide bonds. The fourth-order valence-electron chi connectivity index (χ4n) is 15.8. The molecule has 1 aromatic carbocycles. The fraction of sp³-hybridized carbons (Fsp3) is 0.841. The number of hydrogen-bond donors (Lipinski definition) is 3. The van der Waals surface area contributed by atoms with Gasteiger partial charge in [0.1, 0.15) is 0 Å². The standard InChI is InChI=1S/C44H70N2O4S/c1-28(2)33-15-20-44(45-23-24-46-26-32-25-31(46)27-51(32,48)49)22-21-42(6)35(38(33)44)13-14-37-41(5)18-16-34(29-9-11-30(12-10-29)39(47)50-8)40(3,4)36(41)17-19-43(37,42)7/h9-12,28,31-38,45,48-49H,13-27H2,1-8H3/t31-,32-,33-,34?,35+,36-,37+,38+,41-,42+,43+,44-/m0/s1.